The number of aryl methyl sites for hydroxylation is 1. The predicted octanol–water partition coefficient (Wildman–Crippen LogP) is 5.81. The molecule has 33 heavy (non-hydrogen) atoms. The molecule has 0 saturated carbocycles. The number of phenolic OH excluding ortho intramolecular Hbond substituents is 1. The van der Waals surface area contributed by atoms with Crippen molar-refractivity contribution in [3.63, 3.8) is 0 Å². The van der Waals surface area contributed by atoms with Crippen LogP contribution in [-0.2, 0) is 7.05 Å². The van der Waals surface area contributed by atoms with Gasteiger partial charge in [-0.25, -0.2) is 4.79 Å². The highest BCUT2D eigenvalue weighted by Gasteiger charge is 2.19. The molecule has 4 nitrogen and oxygen atoms in total. The summed E-state index contributed by atoms with van der Waals surface area (Å²) >= 11 is 0. The van der Waals surface area contributed by atoms with E-state index in [1.165, 1.54) is 5.57 Å². The molecule has 0 saturated heterocycles. The number of benzene rings is 3. The number of aromatic nitrogens is 1. The van der Waals surface area contributed by atoms with Crippen LogP contribution >= 0.6 is 0 Å². The fraction of sp³-hybridized carbons (Fsp3) is 0.103. The molecular weight excluding hydrogens is 410 g/mol. The fourth-order valence-electron chi connectivity index (χ4n) is 3.89. The Morgan fingerprint density at radius 2 is 1.39 bits per heavy atom. The van der Waals surface area contributed by atoms with Crippen molar-refractivity contribution in [2.24, 2.45) is 7.05 Å². The minimum absolute atomic E-state index is 0.229. The van der Waals surface area contributed by atoms with Crippen molar-refractivity contribution in [1.29, 1.82) is 0 Å². The van der Waals surface area contributed by atoms with E-state index >= 15 is 0 Å². The van der Waals surface area contributed by atoms with E-state index in [-0.39, 0.29) is 5.75 Å². The smallest absolute Gasteiger partial charge is 0.409 e. The molecule has 1 N–H and O–H groups in total. The van der Waals surface area contributed by atoms with Crippen LogP contribution in [-0.4, -0.2) is 11.1 Å². The van der Waals surface area contributed by atoms with Gasteiger partial charge in [0.2, 0.25) is 0 Å². The number of phenols is 1. The first-order chi connectivity index (χ1) is 16.1. The molecule has 0 bridgehead atoms. The zero-order valence-corrected chi connectivity index (χ0v) is 18.7. The van der Waals surface area contributed by atoms with E-state index in [1.54, 1.807) is 22.8 Å². The third-order valence-corrected chi connectivity index (χ3v) is 5.55. The van der Waals surface area contributed by atoms with Crippen LogP contribution in [0.25, 0.3) is 11.1 Å². The average Bonchev–Trinajstić information content (AvgIpc) is 2.85. The van der Waals surface area contributed by atoms with Gasteiger partial charge in [0.25, 0.3) is 5.69 Å². The van der Waals surface area contributed by atoms with E-state index in [2.05, 4.69) is 19.1 Å². The molecule has 4 heteroatoms. The van der Waals surface area contributed by atoms with Crippen LogP contribution in [0.1, 0.15) is 40.5 Å². The van der Waals surface area contributed by atoms with Crippen molar-refractivity contribution in [1.82, 2.24) is 0 Å². The molecule has 1 heterocycles. The van der Waals surface area contributed by atoms with Gasteiger partial charge in [-0.3, -0.25) is 0 Å². The number of nitrogens with zero attached hydrogens (tertiary/aromatic N) is 1. The maximum absolute atomic E-state index is 12.6. The molecule has 0 fully saturated rings. The molecule has 164 valence electrons. The summed E-state index contributed by atoms with van der Waals surface area (Å²) < 4.78 is 7.33. The maximum Gasteiger partial charge on any atom is 0.409 e. The lowest BCUT2D eigenvalue weighted by molar-refractivity contribution is -0.673. The van der Waals surface area contributed by atoms with Crippen LogP contribution in [0, 0.1) is 0 Å². The Hall–Kier alpha value is -4.18. The highest BCUT2D eigenvalue weighted by atomic mass is 16.5. The van der Waals surface area contributed by atoms with Crippen molar-refractivity contribution in [2.45, 2.75) is 13.3 Å². The summed E-state index contributed by atoms with van der Waals surface area (Å²) in [5.74, 6) is 0.307. The molecule has 0 aliphatic carbocycles. The Kier molecular flexibility index (Phi) is 6.65. The van der Waals surface area contributed by atoms with Crippen molar-refractivity contribution < 1.29 is 19.2 Å². The SMILES string of the molecule is CC/C(=C(/c1ccc(O)cc1)c1ccc(OC(=O)c2cccc[n+]2C)cc1)c1ccccc1. The molecule has 0 aliphatic rings. The number of carbonyl (C=O) groups excluding carboxylic acids is 1. The van der Waals surface area contributed by atoms with Crippen LogP contribution in [0.15, 0.2) is 103 Å². The van der Waals surface area contributed by atoms with E-state index in [4.69, 9.17) is 4.74 Å². The van der Waals surface area contributed by atoms with E-state index < -0.39 is 5.97 Å². The Bertz CT molecular complexity index is 1270. The van der Waals surface area contributed by atoms with Gasteiger partial charge in [0.15, 0.2) is 6.20 Å². The zero-order valence-electron chi connectivity index (χ0n) is 18.7. The number of allylic oxidation sites excluding steroid dienone is 1. The predicted molar refractivity (Wildman–Crippen MR) is 130 cm³/mol. The number of pyridine rings is 1. The molecule has 4 aromatic rings. The largest absolute Gasteiger partial charge is 0.508 e. The standard InChI is InChI=1S/C29H25NO3/c1-3-26(21-9-5-4-6-10-21)28(22-12-16-24(31)17-13-22)23-14-18-25(19-15-23)33-29(32)27-11-7-8-20-30(27)2/h4-20H,3H2,1-2H3/p+1/b28-26+. The number of rotatable bonds is 6. The lowest BCUT2D eigenvalue weighted by atomic mass is 9.88. The summed E-state index contributed by atoms with van der Waals surface area (Å²) in [4.78, 5) is 12.6. The van der Waals surface area contributed by atoms with Crippen LogP contribution in [0.2, 0.25) is 0 Å². The van der Waals surface area contributed by atoms with Gasteiger partial charge in [-0.1, -0.05) is 61.5 Å². The first-order valence-electron chi connectivity index (χ1n) is 10.9. The van der Waals surface area contributed by atoms with Gasteiger partial charge in [-0.15, -0.1) is 0 Å². The van der Waals surface area contributed by atoms with Crippen LogP contribution in [0.4, 0.5) is 0 Å². The van der Waals surface area contributed by atoms with Crippen LogP contribution < -0.4 is 9.30 Å². The Morgan fingerprint density at radius 1 is 0.788 bits per heavy atom. The molecule has 3 aromatic carbocycles. The van der Waals surface area contributed by atoms with E-state index in [9.17, 15) is 9.90 Å². The van der Waals surface area contributed by atoms with Gasteiger partial charge in [0.1, 0.15) is 18.5 Å². The summed E-state index contributed by atoms with van der Waals surface area (Å²) in [6, 6.07) is 30.5. The first kappa shape index (κ1) is 22.0. The van der Waals surface area contributed by atoms with Crippen molar-refractivity contribution in [3.05, 3.63) is 126 Å². The number of carbonyl (C=O) groups is 1. The molecule has 0 amide bonds. The van der Waals surface area contributed by atoms with Crippen LogP contribution in [0.3, 0.4) is 0 Å². The minimum Gasteiger partial charge on any atom is -0.508 e. The molecule has 1 aromatic heterocycles. The monoisotopic (exact) mass is 436 g/mol. The second kappa shape index (κ2) is 9.96. The number of esters is 1. The van der Waals surface area contributed by atoms with Crippen LogP contribution in [0.5, 0.6) is 11.5 Å². The molecule has 0 radical (unpaired) electrons. The highest BCUT2D eigenvalue weighted by molar-refractivity contribution is 5.98. The number of ether oxygens (including phenoxy) is 1. The summed E-state index contributed by atoms with van der Waals surface area (Å²) in [6.45, 7) is 2.14. The van der Waals surface area contributed by atoms with Crippen molar-refractivity contribution >= 4 is 17.1 Å². The van der Waals surface area contributed by atoms with E-state index in [0.717, 1.165) is 28.7 Å². The zero-order chi connectivity index (χ0) is 23.2. The summed E-state index contributed by atoms with van der Waals surface area (Å²) in [7, 11) is 1.81. The van der Waals surface area contributed by atoms with Crippen molar-refractivity contribution in [3.8, 4) is 11.5 Å². The number of hydrogen-bond donors (Lipinski definition) is 1. The average molecular weight is 437 g/mol. The third kappa shape index (κ3) is 5.01. The lowest BCUT2D eigenvalue weighted by Gasteiger charge is -2.17. The summed E-state index contributed by atoms with van der Waals surface area (Å²) in [5, 5.41) is 9.79. The maximum atomic E-state index is 12.6. The second-order valence-electron chi connectivity index (χ2n) is 7.73. The second-order valence-corrected chi connectivity index (χ2v) is 7.73. The summed E-state index contributed by atoms with van der Waals surface area (Å²) in [6.07, 6.45) is 2.64. The molecule has 0 unspecified atom stereocenters. The molecule has 0 spiro atoms. The van der Waals surface area contributed by atoms with Gasteiger partial charge in [-0.2, -0.15) is 4.57 Å². The third-order valence-electron chi connectivity index (χ3n) is 5.55. The van der Waals surface area contributed by atoms with Gasteiger partial charge >= 0.3 is 5.97 Å². The van der Waals surface area contributed by atoms with Gasteiger partial charge in [-0.05, 0) is 64.6 Å². The van der Waals surface area contributed by atoms with E-state index in [1.807, 2.05) is 80.0 Å². The number of hydrogen-bond acceptors (Lipinski definition) is 3. The van der Waals surface area contributed by atoms with E-state index in [0.29, 0.717) is 11.4 Å². The van der Waals surface area contributed by atoms with Gasteiger partial charge in [0, 0.05) is 12.1 Å². The first-order valence-corrected chi connectivity index (χ1v) is 10.9. The summed E-state index contributed by atoms with van der Waals surface area (Å²) in [5.41, 5.74) is 5.91. The Labute approximate surface area is 194 Å². The highest BCUT2D eigenvalue weighted by Crippen LogP contribution is 2.35. The topological polar surface area (TPSA) is 50.4 Å². The Balaban J connectivity index is 1.72. The number of aromatic hydroxyl groups is 1. The normalized spacial score (nSPS) is 11.6. The lowest BCUT2D eigenvalue weighted by Crippen LogP contribution is -2.36. The fourth-order valence-corrected chi connectivity index (χ4v) is 3.89. The molecule has 0 atom stereocenters. The minimum atomic E-state index is -0.404. The van der Waals surface area contributed by atoms with Gasteiger partial charge in [0.05, 0.1) is 0 Å². The molecule has 4 rings (SSSR count). The molecule has 0 aliphatic heterocycles. The molecular formula is C29H26NO3+. The van der Waals surface area contributed by atoms with Crippen molar-refractivity contribution in [2.75, 3.05) is 0 Å². The van der Waals surface area contributed by atoms with Gasteiger partial charge < -0.3 is 9.84 Å². The quantitative estimate of drug-likeness (QED) is 0.180. The Morgan fingerprint density at radius 3 is 2.00 bits per heavy atom.